The normalized spacial score (nSPS) is 11.4. The van der Waals surface area contributed by atoms with Gasteiger partial charge in [-0.2, -0.15) is 0 Å². The van der Waals surface area contributed by atoms with Gasteiger partial charge in [-0.25, -0.2) is 4.39 Å². The largest absolute Gasteiger partial charge is 0.484 e. The molecule has 0 unspecified atom stereocenters. The summed E-state index contributed by atoms with van der Waals surface area (Å²) in [7, 11) is 1.27. The van der Waals surface area contributed by atoms with Gasteiger partial charge in [0.25, 0.3) is 5.91 Å². The Balaban J connectivity index is 2.00. The van der Waals surface area contributed by atoms with Crippen LogP contribution >= 0.6 is 0 Å². The minimum atomic E-state index is -0.620. The molecule has 2 rings (SSSR count). The van der Waals surface area contributed by atoms with Crippen molar-refractivity contribution in [3.63, 3.8) is 0 Å². The van der Waals surface area contributed by atoms with Crippen LogP contribution < -0.4 is 10.1 Å². The fraction of sp³-hybridized carbons (Fsp3) is 0.222. The van der Waals surface area contributed by atoms with Gasteiger partial charge in [-0.1, -0.05) is 30.3 Å². The predicted octanol–water partition coefficient (Wildman–Crippen LogP) is 2.63. The second kappa shape index (κ2) is 8.67. The molecule has 0 bridgehead atoms. The average molecular weight is 331 g/mol. The molecule has 0 aromatic heterocycles. The predicted molar refractivity (Wildman–Crippen MR) is 85.9 cm³/mol. The molecule has 2 aromatic rings. The van der Waals surface area contributed by atoms with E-state index in [2.05, 4.69) is 10.1 Å². The molecule has 0 radical (unpaired) electrons. The summed E-state index contributed by atoms with van der Waals surface area (Å²) in [6, 6.07) is 13.9. The molecule has 126 valence electrons. The van der Waals surface area contributed by atoms with Crippen molar-refractivity contribution in [2.24, 2.45) is 0 Å². The zero-order valence-electron chi connectivity index (χ0n) is 13.2. The summed E-state index contributed by atoms with van der Waals surface area (Å²) < 4.78 is 23.1. The molecule has 0 heterocycles. The van der Waals surface area contributed by atoms with E-state index >= 15 is 0 Å². The molecule has 6 heteroatoms. The Kier molecular flexibility index (Phi) is 6.31. The number of rotatable bonds is 7. The van der Waals surface area contributed by atoms with Gasteiger partial charge in [0, 0.05) is 0 Å². The van der Waals surface area contributed by atoms with E-state index in [0.29, 0.717) is 11.3 Å². The van der Waals surface area contributed by atoms with Crippen LogP contribution in [0.2, 0.25) is 0 Å². The SMILES string of the molecule is COC(=O)C[C@@H](NC(=O)COc1ccccc1)c1ccc(F)cc1. The van der Waals surface area contributed by atoms with Gasteiger partial charge in [0.05, 0.1) is 19.6 Å². The highest BCUT2D eigenvalue weighted by Crippen LogP contribution is 2.18. The van der Waals surface area contributed by atoms with Gasteiger partial charge < -0.3 is 14.8 Å². The van der Waals surface area contributed by atoms with Crippen LogP contribution in [0.15, 0.2) is 54.6 Å². The zero-order chi connectivity index (χ0) is 17.4. The molecule has 0 saturated carbocycles. The molecule has 24 heavy (non-hydrogen) atoms. The molecule has 0 fully saturated rings. The van der Waals surface area contributed by atoms with Crippen molar-refractivity contribution in [1.82, 2.24) is 5.32 Å². The van der Waals surface area contributed by atoms with Crippen molar-refractivity contribution in [3.8, 4) is 5.75 Å². The highest BCUT2D eigenvalue weighted by molar-refractivity contribution is 5.79. The van der Waals surface area contributed by atoms with Crippen LogP contribution in [0.5, 0.6) is 5.75 Å². The van der Waals surface area contributed by atoms with Crippen LogP contribution in [0.1, 0.15) is 18.0 Å². The molecule has 0 saturated heterocycles. The number of benzene rings is 2. The molecule has 0 spiro atoms. The number of halogens is 1. The van der Waals surface area contributed by atoms with E-state index in [4.69, 9.17) is 4.74 Å². The van der Waals surface area contributed by atoms with E-state index in [1.165, 1.54) is 31.4 Å². The van der Waals surface area contributed by atoms with Gasteiger partial charge in [0.1, 0.15) is 11.6 Å². The van der Waals surface area contributed by atoms with Crippen molar-refractivity contribution >= 4 is 11.9 Å². The number of methoxy groups -OCH3 is 1. The minimum absolute atomic E-state index is 0.0563. The number of para-hydroxylation sites is 1. The van der Waals surface area contributed by atoms with E-state index in [0.717, 1.165) is 0 Å². The molecule has 5 nitrogen and oxygen atoms in total. The highest BCUT2D eigenvalue weighted by atomic mass is 19.1. The van der Waals surface area contributed by atoms with Crippen molar-refractivity contribution in [2.75, 3.05) is 13.7 Å². The Labute approximate surface area is 139 Å². The maximum absolute atomic E-state index is 13.1. The first kappa shape index (κ1) is 17.5. The van der Waals surface area contributed by atoms with Gasteiger partial charge in [0.15, 0.2) is 6.61 Å². The third-order valence-electron chi connectivity index (χ3n) is 3.32. The Bertz CT molecular complexity index is 673. The first-order valence-electron chi connectivity index (χ1n) is 7.38. The van der Waals surface area contributed by atoms with Crippen LogP contribution in [0, 0.1) is 5.82 Å². The van der Waals surface area contributed by atoms with Gasteiger partial charge >= 0.3 is 5.97 Å². The topological polar surface area (TPSA) is 64.6 Å². The summed E-state index contributed by atoms with van der Waals surface area (Å²) in [5, 5.41) is 2.70. The smallest absolute Gasteiger partial charge is 0.307 e. The molecular formula is C18H18FNO4. The number of carbonyl (C=O) groups is 2. The summed E-state index contributed by atoms with van der Waals surface area (Å²) in [6.07, 6.45) is -0.0563. The van der Waals surface area contributed by atoms with Crippen molar-refractivity contribution < 1.29 is 23.5 Å². The van der Waals surface area contributed by atoms with Crippen molar-refractivity contribution in [3.05, 3.63) is 66.0 Å². The maximum Gasteiger partial charge on any atom is 0.307 e. The number of amides is 1. The summed E-state index contributed by atoms with van der Waals surface area (Å²) in [5.74, 6) is -0.695. The molecule has 1 atom stereocenters. The summed E-state index contributed by atoms with van der Waals surface area (Å²) in [4.78, 5) is 23.6. The lowest BCUT2D eigenvalue weighted by molar-refractivity contribution is -0.141. The second-order valence-corrected chi connectivity index (χ2v) is 5.05. The Hall–Kier alpha value is -2.89. The maximum atomic E-state index is 13.1. The molecule has 1 N–H and O–H groups in total. The van der Waals surface area contributed by atoms with E-state index in [9.17, 15) is 14.0 Å². The van der Waals surface area contributed by atoms with Crippen molar-refractivity contribution in [2.45, 2.75) is 12.5 Å². The number of nitrogens with one attached hydrogen (secondary N) is 1. The van der Waals surface area contributed by atoms with Crippen molar-refractivity contribution in [1.29, 1.82) is 0 Å². The number of ether oxygens (including phenoxy) is 2. The van der Waals surface area contributed by atoms with Gasteiger partial charge in [-0.05, 0) is 29.8 Å². The van der Waals surface area contributed by atoms with Crippen LogP contribution in [-0.4, -0.2) is 25.6 Å². The summed E-state index contributed by atoms with van der Waals surface area (Å²) in [6.45, 7) is -0.192. The Morgan fingerprint density at radius 3 is 2.38 bits per heavy atom. The van der Waals surface area contributed by atoms with E-state index in [1.54, 1.807) is 24.3 Å². The third-order valence-corrected chi connectivity index (χ3v) is 3.32. The van der Waals surface area contributed by atoms with Crippen LogP contribution in [0.3, 0.4) is 0 Å². The lowest BCUT2D eigenvalue weighted by Gasteiger charge is -2.18. The summed E-state index contributed by atoms with van der Waals surface area (Å²) in [5.41, 5.74) is 0.606. The minimum Gasteiger partial charge on any atom is -0.484 e. The van der Waals surface area contributed by atoms with Crippen LogP contribution in [0.4, 0.5) is 4.39 Å². The first-order chi connectivity index (χ1) is 11.6. The number of carbonyl (C=O) groups excluding carboxylic acids is 2. The molecular weight excluding hydrogens is 313 g/mol. The van der Waals surface area contributed by atoms with E-state index in [1.807, 2.05) is 6.07 Å². The molecule has 1 amide bonds. The van der Waals surface area contributed by atoms with Gasteiger partial charge in [-0.15, -0.1) is 0 Å². The van der Waals surface area contributed by atoms with Crippen LogP contribution in [0.25, 0.3) is 0 Å². The standard InChI is InChI=1S/C18H18FNO4/c1-23-18(22)11-16(13-7-9-14(19)10-8-13)20-17(21)12-24-15-5-3-2-4-6-15/h2-10,16H,11-12H2,1H3,(H,20,21)/t16-/m1/s1. The molecule has 0 aliphatic rings. The van der Waals surface area contributed by atoms with Gasteiger partial charge in [0.2, 0.25) is 0 Å². The third kappa shape index (κ3) is 5.39. The lowest BCUT2D eigenvalue weighted by atomic mass is 10.0. The molecule has 2 aromatic carbocycles. The Morgan fingerprint density at radius 2 is 1.75 bits per heavy atom. The molecule has 0 aliphatic heterocycles. The summed E-state index contributed by atoms with van der Waals surface area (Å²) >= 11 is 0. The Morgan fingerprint density at radius 1 is 1.08 bits per heavy atom. The fourth-order valence-corrected chi connectivity index (χ4v) is 2.10. The molecule has 0 aliphatic carbocycles. The average Bonchev–Trinajstić information content (AvgIpc) is 2.61. The zero-order valence-corrected chi connectivity index (χ0v) is 13.2. The number of hydrogen-bond donors (Lipinski definition) is 1. The fourth-order valence-electron chi connectivity index (χ4n) is 2.10. The quantitative estimate of drug-likeness (QED) is 0.792. The number of hydrogen-bond acceptors (Lipinski definition) is 4. The highest BCUT2D eigenvalue weighted by Gasteiger charge is 2.19. The second-order valence-electron chi connectivity index (χ2n) is 5.05. The van der Waals surface area contributed by atoms with Crippen LogP contribution in [-0.2, 0) is 14.3 Å². The van der Waals surface area contributed by atoms with E-state index < -0.39 is 23.7 Å². The van der Waals surface area contributed by atoms with E-state index in [-0.39, 0.29) is 13.0 Å². The number of esters is 1. The monoisotopic (exact) mass is 331 g/mol. The lowest BCUT2D eigenvalue weighted by Crippen LogP contribution is -2.34. The first-order valence-corrected chi connectivity index (χ1v) is 7.38. The van der Waals surface area contributed by atoms with Gasteiger partial charge in [-0.3, -0.25) is 9.59 Å².